The zero-order valence-electron chi connectivity index (χ0n) is 13.4. The third-order valence-corrected chi connectivity index (χ3v) is 4.64. The van der Waals surface area contributed by atoms with Gasteiger partial charge in [-0.05, 0) is 32.4 Å². The van der Waals surface area contributed by atoms with Crippen molar-refractivity contribution in [1.82, 2.24) is 20.2 Å². The highest BCUT2D eigenvalue weighted by Crippen LogP contribution is 2.24. The Bertz CT molecular complexity index is 520. The number of rotatable bonds is 5. The van der Waals surface area contributed by atoms with Gasteiger partial charge in [-0.2, -0.15) is 0 Å². The zero-order valence-corrected chi connectivity index (χ0v) is 13.4. The van der Waals surface area contributed by atoms with Gasteiger partial charge in [-0.1, -0.05) is 6.42 Å². The number of carbonyl (C=O) groups is 1. The molecule has 1 aromatic rings. The van der Waals surface area contributed by atoms with Crippen LogP contribution in [0.1, 0.15) is 25.7 Å². The van der Waals surface area contributed by atoms with E-state index in [9.17, 15) is 9.90 Å². The molecule has 2 saturated heterocycles. The van der Waals surface area contributed by atoms with Crippen molar-refractivity contribution in [3.05, 3.63) is 18.6 Å². The molecule has 126 valence electrons. The second kappa shape index (κ2) is 7.23. The molecule has 2 fully saturated rings. The van der Waals surface area contributed by atoms with Crippen molar-refractivity contribution >= 4 is 11.7 Å². The Morgan fingerprint density at radius 1 is 1.26 bits per heavy atom. The first kappa shape index (κ1) is 16.1. The van der Waals surface area contributed by atoms with E-state index in [1.54, 1.807) is 18.6 Å². The highest BCUT2D eigenvalue weighted by atomic mass is 16.3. The van der Waals surface area contributed by atoms with E-state index in [2.05, 4.69) is 20.2 Å². The number of β-amino-alcohol motifs (C(OH)–C–C–N with tert-alkyl or cyclic N) is 1. The minimum atomic E-state index is -0.894. The minimum absolute atomic E-state index is 0.00159. The molecule has 1 atom stereocenters. The van der Waals surface area contributed by atoms with Gasteiger partial charge in [-0.15, -0.1) is 0 Å². The molecule has 2 aliphatic heterocycles. The van der Waals surface area contributed by atoms with Gasteiger partial charge in [0, 0.05) is 32.0 Å². The first-order valence-electron chi connectivity index (χ1n) is 8.37. The Morgan fingerprint density at radius 3 is 2.83 bits per heavy atom. The second-order valence-electron chi connectivity index (χ2n) is 6.57. The Labute approximate surface area is 136 Å². The van der Waals surface area contributed by atoms with Crippen LogP contribution in [0.4, 0.5) is 5.82 Å². The number of hydrogen-bond donors (Lipinski definition) is 2. The maximum absolute atomic E-state index is 12.1. The Morgan fingerprint density at radius 2 is 2.09 bits per heavy atom. The van der Waals surface area contributed by atoms with Crippen molar-refractivity contribution in [2.24, 2.45) is 0 Å². The molecular weight excluding hydrogens is 294 g/mol. The lowest BCUT2D eigenvalue weighted by molar-refractivity contribution is -0.123. The van der Waals surface area contributed by atoms with E-state index in [0.29, 0.717) is 19.5 Å². The van der Waals surface area contributed by atoms with Crippen LogP contribution in [-0.2, 0) is 4.79 Å². The predicted octanol–water partition coefficient (Wildman–Crippen LogP) is 0.0199. The van der Waals surface area contributed by atoms with Crippen LogP contribution in [-0.4, -0.2) is 70.8 Å². The average Bonchev–Trinajstić information content (AvgIpc) is 2.98. The summed E-state index contributed by atoms with van der Waals surface area (Å²) in [5.74, 6) is 0.765. The summed E-state index contributed by atoms with van der Waals surface area (Å²) < 4.78 is 0. The molecule has 7 nitrogen and oxygen atoms in total. The fourth-order valence-electron chi connectivity index (χ4n) is 3.29. The van der Waals surface area contributed by atoms with E-state index < -0.39 is 5.60 Å². The van der Waals surface area contributed by atoms with E-state index in [1.807, 2.05) is 4.90 Å². The fourth-order valence-corrected chi connectivity index (χ4v) is 3.29. The van der Waals surface area contributed by atoms with Crippen LogP contribution in [0.15, 0.2) is 18.6 Å². The molecule has 0 unspecified atom stereocenters. The molecule has 0 bridgehead atoms. The smallest absolute Gasteiger partial charge is 0.234 e. The Hall–Kier alpha value is -1.73. The summed E-state index contributed by atoms with van der Waals surface area (Å²) in [6.45, 7) is 3.91. The molecule has 0 aliphatic carbocycles. The van der Waals surface area contributed by atoms with Crippen LogP contribution in [0, 0.1) is 0 Å². The average molecular weight is 319 g/mol. The highest BCUT2D eigenvalue weighted by molar-refractivity contribution is 5.78. The molecule has 1 aromatic heterocycles. The number of piperidine rings is 1. The van der Waals surface area contributed by atoms with Crippen LogP contribution < -0.4 is 10.2 Å². The van der Waals surface area contributed by atoms with Gasteiger partial charge in [-0.3, -0.25) is 14.7 Å². The molecule has 0 radical (unpaired) electrons. The Balaban J connectivity index is 1.45. The minimum Gasteiger partial charge on any atom is -0.386 e. The molecule has 23 heavy (non-hydrogen) atoms. The SMILES string of the molecule is O=C(CN1CCCCC1)NC[C@]1(O)CCN(c2cnccn2)C1. The summed E-state index contributed by atoms with van der Waals surface area (Å²) >= 11 is 0. The Kier molecular flexibility index (Phi) is 5.07. The highest BCUT2D eigenvalue weighted by Gasteiger charge is 2.37. The summed E-state index contributed by atoms with van der Waals surface area (Å²) in [6, 6.07) is 0. The number of likely N-dealkylation sites (tertiary alicyclic amines) is 1. The molecule has 2 N–H and O–H groups in total. The summed E-state index contributed by atoms with van der Waals surface area (Å²) in [5.41, 5.74) is -0.894. The van der Waals surface area contributed by atoms with Crippen LogP contribution >= 0.6 is 0 Å². The summed E-state index contributed by atoms with van der Waals surface area (Å²) in [5, 5.41) is 13.6. The lowest BCUT2D eigenvalue weighted by Gasteiger charge is -2.27. The molecule has 3 rings (SSSR count). The van der Waals surface area contributed by atoms with Crippen LogP contribution in [0.3, 0.4) is 0 Å². The van der Waals surface area contributed by atoms with E-state index in [-0.39, 0.29) is 12.5 Å². The van der Waals surface area contributed by atoms with Crippen molar-refractivity contribution in [1.29, 1.82) is 0 Å². The van der Waals surface area contributed by atoms with Crippen molar-refractivity contribution < 1.29 is 9.90 Å². The molecule has 7 heteroatoms. The fraction of sp³-hybridized carbons (Fsp3) is 0.688. The zero-order chi connectivity index (χ0) is 16.1. The van der Waals surface area contributed by atoms with Gasteiger partial charge in [0.25, 0.3) is 0 Å². The molecule has 0 spiro atoms. The van der Waals surface area contributed by atoms with Crippen LogP contribution in [0.5, 0.6) is 0 Å². The lowest BCUT2D eigenvalue weighted by atomic mass is 10.0. The van der Waals surface area contributed by atoms with E-state index in [4.69, 9.17) is 0 Å². The topological polar surface area (TPSA) is 81.6 Å². The standard InChI is InChI=1S/C16H25N5O2/c22-15(11-20-7-2-1-3-8-20)19-12-16(23)4-9-21(13-16)14-10-17-5-6-18-14/h5-6,10,23H,1-4,7-9,11-13H2,(H,19,22)/t16-/m1/s1. The molecule has 0 aromatic carbocycles. The van der Waals surface area contributed by atoms with Crippen molar-refractivity contribution in [3.63, 3.8) is 0 Å². The number of nitrogens with zero attached hydrogens (tertiary/aromatic N) is 4. The van der Waals surface area contributed by atoms with Gasteiger partial charge >= 0.3 is 0 Å². The monoisotopic (exact) mass is 319 g/mol. The number of anilines is 1. The number of aliphatic hydroxyl groups is 1. The molecule has 1 amide bonds. The molecule has 3 heterocycles. The van der Waals surface area contributed by atoms with Gasteiger partial charge in [-0.25, -0.2) is 4.98 Å². The second-order valence-corrected chi connectivity index (χ2v) is 6.57. The van der Waals surface area contributed by atoms with Gasteiger partial charge in [0.15, 0.2) is 0 Å². The number of carbonyl (C=O) groups excluding carboxylic acids is 1. The van der Waals surface area contributed by atoms with E-state index in [0.717, 1.165) is 25.5 Å². The van der Waals surface area contributed by atoms with Crippen LogP contribution in [0.2, 0.25) is 0 Å². The van der Waals surface area contributed by atoms with Gasteiger partial charge < -0.3 is 15.3 Å². The lowest BCUT2D eigenvalue weighted by Crippen LogP contribution is -2.48. The maximum Gasteiger partial charge on any atom is 0.234 e. The number of amides is 1. The van der Waals surface area contributed by atoms with Gasteiger partial charge in [0.1, 0.15) is 11.4 Å². The predicted molar refractivity (Wildman–Crippen MR) is 87.1 cm³/mol. The number of nitrogens with one attached hydrogen (secondary N) is 1. The quantitative estimate of drug-likeness (QED) is 0.796. The maximum atomic E-state index is 12.1. The van der Waals surface area contributed by atoms with E-state index in [1.165, 1.54) is 19.3 Å². The van der Waals surface area contributed by atoms with Crippen molar-refractivity contribution in [3.8, 4) is 0 Å². The molecule has 2 aliphatic rings. The van der Waals surface area contributed by atoms with E-state index >= 15 is 0 Å². The number of hydrogen-bond acceptors (Lipinski definition) is 6. The van der Waals surface area contributed by atoms with Gasteiger partial charge in [0.05, 0.1) is 12.7 Å². The summed E-state index contributed by atoms with van der Waals surface area (Å²) in [4.78, 5) is 24.6. The third kappa shape index (κ3) is 4.39. The molecule has 0 saturated carbocycles. The largest absolute Gasteiger partial charge is 0.386 e. The van der Waals surface area contributed by atoms with Crippen molar-refractivity contribution in [2.45, 2.75) is 31.3 Å². The first-order chi connectivity index (χ1) is 11.1. The normalized spacial score (nSPS) is 25.5. The summed E-state index contributed by atoms with van der Waals surface area (Å²) in [6.07, 6.45) is 9.19. The first-order valence-corrected chi connectivity index (χ1v) is 8.37. The van der Waals surface area contributed by atoms with Gasteiger partial charge in [0.2, 0.25) is 5.91 Å². The molecular formula is C16H25N5O2. The third-order valence-electron chi connectivity index (χ3n) is 4.64. The summed E-state index contributed by atoms with van der Waals surface area (Å²) in [7, 11) is 0. The number of aromatic nitrogens is 2. The van der Waals surface area contributed by atoms with Crippen LogP contribution in [0.25, 0.3) is 0 Å². The van der Waals surface area contributed by atoms with Crippen molar-refractivity contribution in [2.75, 3.05) is 44.2 Å².